The van der Waals surface area contributed by atoms with Gasteiger partial charge in [0.1, 0.15) is 0 Å². The number of carbonyl (C=O) groups excluding carboxylic acids is 2. The maximum Gasteiger partial charge on any atom is 0.256 e. The number of primary amides is 1. The van der Waals surface area contributed by atoms with Crippen LogP contribution in [0.1, 0.15) is 21.5 Å². The molecule has 0 atom stereocenters. The van der Waals surface area contributed by atoms with Crippen LogP contribution in [0.3, 0.4) is 0 Å². The normalized spacial score (nSPS) is 10.3. The number of thioether (sulfide) groups is 1. The van der Waals surface area contributed by atoms with Crippen LogP contribution in [-0.2, 0) is 4.79 Å². The number of hydrogen-bond acceptors (Lipinski definition) is 3. The van der Waals surface area contributed by atoms with Crippen molar-refractivity contribution >= 4 is 29.3 Å². The first kappa shape index (κ1) is 16.1. The van der Waals surface area contributed by atoms with Gasteiger partial charge in [0.25, 0.3) is 5.91 Å². The smallest absolute Gasteiger partial charge is 0.256 e. The number of nitrogens with one attached hydrogen (secondary N) is 1. The van der Waals surface area contributed by atoms with Crippen LogP contribution < -0.4 is 11.1 Å². The Morgan fingerprint density at radius 1 is 1.09 bits per heavy atom. The van der Waals surface area contributed by atoms with Crippen LogP contribution in [0, 0.1) is 13.8 Å². The topological polar surface area (TPSA) is 72.2 Å². The Labute approximate surface area is 134 Å². The van der Waals surface area contributed by atoms with E-state index in [0.717, 1.165) is 21.7 Å². The molecule has 0 spiro atoms. The molecule has 0 radical (unpaired) electrons. The van der Waals surface area contributed by atoms with Crippen molar-refractivity contribution in [2.45, 2.75) is 18.7 Å². The van der Waals surface area contributed by atoms with Gasteiger partial charge in [-0.05, 0) is 49.2 Å². The molecule has 0 fully saturated rings. The summed E-state index contributed by atoms with van der Waals surface area (Å²) < 4.78 is 0. The minimum Gasteiger partial charge on any atom is -0.369 e. The summed E-state index contributed by atoms with van der Waals surface area (Å²) in [7, 11) is 0. The zero-order valence-corrected chi connectivity index (χ0v) is 13.4. The van der Waals surface area contributed by atoms with Gasteiger partial charge in [-0.3, -0.25) is 9.59 Å². The third-order valence-corrected chi connectivity index (χ3v) is 4.08. The van der Waals surface area contributed by atoms with E-state index in [1.807, 2.05) is 44.2 Å². The second kappa shape index (κ2) is 7.13. The molecule has 2 amide bonds. The first-order valence-corrected chi connectivity index (χ1v) is 7.84. The molecular formula is C17H18N2O2S. The SMILES string of the molecule is Cc1cc(C)cc(NC(=O)c2ccccc2SCC(N)=O)c1. The summed E-state index contributed by atoms with van der Waals surface area (Å²) in [5.41, 5.74) is 8.64. The second-order valence-corrected chi connectivity index (χ2v) is 6.10. The maximum atomic E-state index is 12.5. The molecule has 0 aliphatic rings. The summed E-state index contributed by atoms with van der Waals surface area (Å²) in [6.07, 6.45) is 0. The molecule has 0 heterocycles. The molecule has 22 heavy (non-hydrogen) atoms. The monoisotopic (exact) mass is 314 g/mol. The third-order valence-electron chi connectivity index (χ3n) is 2.98. The Morgan fingerprint density at radius 2 is 1.73 bits per heavy atom. The van der Waals surface area contributed by atoms with Crippen LogP contribution >= 0.6 is 11.8 Å². The summed E-state index contributed by atoms with van der Waals surface area (Å²) in [5, 5.41) is 2.90. The lowest BCUT2D eigenvalue weighted by molar-refractivity contribution is -0.115. The van der Waals surface area contributed by atoms with Gasteiger partial charge in [-0.25, -0.2) is 0 Å². The van der Waals surface area contributed by atoms with Crippen LogP contribution in [0.4, 0.5) is 5.69 Å². The highest BCUT2D eigenvalue weighted by Crippen LogP contribution is 2.23. The highest BCUT2D eigenvalue weighted by atomic mass is 32.2. The maximum absolute atomic E-state index is 12.5. The number of hydrogen-bond donors (Lipinski definition) is 2. The highest BCUT2D eigenvalue weighted by molar-refractivity contribution is 8.00. The zero-order valence-electron chi connectivity index (χ0n) is 12.6. The highest BCUT2D eigenvalue weighted by Gasteiger charge is 2.12. The number of benzene rings is 2. The number of anilines is 1. The third kappa shape index (κ3) is 4.36. The summed E-state index contributed by atoms with van der Waals surface area (Å²) in [6.45, 7) is 3.97. The average molecular weight is 314 g/mol. The first-order valence-electron chi connectivity index (χ1n) is 6.85. The Hall–Kier alpha value is -2.27. The Balaban J connectivity index is 2.20. The molecule has 5 heteroatoms. The number of carbonyl (C=O) groups is 2. The van der Waals surface area contributed by atoms with Gasteiger partial charge in [0, 0.05) is 10.6 Å². The van der Waals surface area contributed by atoms with Gasteiger partial charge < -0.3 is 11.1 Å². The fourth-order valence-electron chi connectivity index (χ4n) is 2.17. The van der Waals surface area contributed by atoms with Crippen molar-refractivity contribution in [3.05, 3.63) is 59.2 Å². The number of amides is 2. The van der Waals surface area contributed by atoms with Gasteiger partial charge in [-0.2, -0.15) is 0 Å². The lowest BCUT2D eigenvalue weighted by atomic mass is 10.1. The quantitative estimate of drug-likeness (QED) is 0.833. The fourth-order valence-corrected chi connectivity index (χ4v) is 2.96. The molecule has 0 bridgehead atoms. The van der Waals surface area contributed by atoms with Gasteiger partial charge in [0.05, 0.1) is 11.3 Å². The van der Waals surface area contributed by atoms with E-state index in [0.29, 0.717) is 5.56 Å². The van der Waals surface area contributed by atoms with Crippen molar-refractivity contribution in [3.63, 3.8) is 0 Å². The van der Waals surface area contributed by atoms with E-state index < -0.39 is 5.91 Å². The van der Waals surface area contributed by atoms with Crippen LogP contribution in [0.15, 0.2) is 47.4 Å². The Kier molecular flexibility index (Phi) is 5.22. The Morgan fingerprint density at radius 3 is 2.36 bits per heavy atom. The minimum absolute atomic E-state index is 0.147. The van der Waals surface area contributed by atoms with E-state index in [9.17, 15) is 9.59 Å². The molecule has 0 aromatic heterocycles. The lowest BCUT2D eigenvalue weighted by Crippen LogP contribution is -2.15. The molecule has 2 aromatic rings. The number of rotatable bonds is 5. The van der Waals surface area contributed by atoms with E-state index in [4.69, 9.17) is 5.73 Å². The van der Waals surface area contributed by atoms with Gasteiger partial charge in [0.2, 0.25) is 5.91 Å². The van der Waals surface area contributed by atoms with E-state index in [1.165, 1.54) is 11.8 Å². The van der Waals surface area contributed by atoms with Crippen molar-refractivity contribution in [1.82, 2.24) is 0 Å². The zero-order chi connectivity index (χ0) is 16.1. The van der Waals surface area contributed by atoms with Gasteiger partial charge in [-0.15, -0.1) is 11.8 Å². The first-order chi connectivity index (χ1) is 10.5. The van der Waals surface area contributed by atoms with Crippen LogP contribution in [0.25, 0.3) is 0 Å². The molecule has 0 saturated carbocycles. The van der Waals surface area contributed by atoms with Crippen molar-refractivity contribution in [2.24, 2.45) is 5.73 Å². The van der Waals surface area contributed by atoms with Crippen LogP contribution in [0.2, 0.25) is 0 Å². The molecule has 114 valence electrons. The van der Waals surface area contributed by atoms with Crippen molar-refractivity contribution in [1.29, 1.82) is 0 Å². The Bertz CT molecular complexity index is 693. The van der Waals surface area contributed by atoms with Gasteiger partial charge in [-0.1, -0.05) is 18.2 Å². The predicted octanol–water partition coefficient (Wildman–Crippen LogP) is 3.13. The molecule has 2 rings (SSSR count). The number of aryl methyl sites for hydroxylation is 2. The molecule has 0 aliphatic heterocycles. The van der Waals surface area contributed by atoms with Gasteiger partial charge >= 0.3 is 0 Å². The van der Waals surface area contributed by atoms with E-state index >= 15 is 0 Å². The predicted molar refractivity (Wildman–Crippen MR) is 90.2 cm³/mol. The second-order valence-electron chi connectivity index (χ2n) is 5.08. The van der Waals surface area contributed by atoms with Crippen molar-refractivity contribution in [3.8, 4) is 0 Å². The van der Waals surface area contributed by atoms with Crippen molar-refractivity contribution in [2.75, 3.05) is 11.1 Å². The van der Waals surface area contributed by atoms with E-state index in [1.54, 1.807) is 12.1 Å². The lowest BCUT2D eigenvalue weighted by Gasteiger charge is -2.10. The molecule has 4 nitrogen and oxygen atoms in total. The van der Waals surface area contributed by atoms with E-state index in [-0.39, 0.29) is 11.7 Å². The van der Waals surface area contributed by atoms with E-state index in [2.05, 4.69) is 5.32 Å². The summed E-state index contributed by atoms with van der Waals surface area (Å²) in [5.74, 6) is -0.458. The van der Waals surface area contributed by atoms with Crippen molar-refractivity contribution < 1.29 is 9.59 Å². The minimum atomic E-state index is -0.408. The summed E-state index contributed by atoms with van der Waals surface area (Å²) >= 11 is 1.26. The number of nitrogens with two attached hydrogens (primary N) is 1. The molecular weight excluding hydrogens is 296 g/mol. The molecule has 0 aliphatic carbocycles. The molecule has 3 N–H and O–H groups in total. The van der Waals surface area contributed by atoms with Gasteiger partial charge in [0.15, 0.2) is 0 Å². The van der Waals surface area contributed by atoms with Crippen LogP contribution in [0.5, 0.6) is 0 Å². The fraction of sp³-hybridized carbons (Fsp3) is 0.176. The molecule has 0 saturated heterocycles. The standard InChI is InChI=1S/C17H18N2O2S/c1-11-7-12(2)9-13(8-11)19-17(21)14-5-3-4-6-15(14)22-10-16(18)20/h3-9H,10H2,1-2H3,(H2,18,20)(H,19,21). The molecule has 2 aromatic carbocycles. The average Bonchev–Trinajstić information content (AvgIpc) is 2.44. The van der Waals surface area contributed by atoms with Crippen LogP contribution in [-0.4, -0.2) is 17.6 Å². The summed E-state index contributed by atoms with van der Waals surface area (Å²) in [4.78, 5) is 24.1. The molecule has 0 unspecified atom stereocenters. The largest absolute Gasteiger partial charge is 0.369 e. The summed E-state index contributed by atoms with van der Waals surface area (Å²) in [6, 6.07) is 13.1.